The maximum atomic E-state index is 9.53. The van der Waals surface area contributed by atoms with Gasteiger partial charge in [-0.2, -0.15) is 10.4 Å². The second-order valence-electron chi connectivity index (χ2n) is 8.25. The van der Waals surface area contributed by atoms with Crippen molar-refractivity contribution in [2.75, 3.05) is 31.1 Å². The molecule has 1 saturated heterocycles. The number of nitrogens with two attached hydrogens (primary N) is 1. The fourth-order valence-corrected chi connectivity index (χ4v) is 4.61. The van der Waals surface area contributed by atoms with Crippen molar-refractivity contribution in [1.29, 1.82) is 5.26 Å². The number of nitriles is 1. The second kappa shape index (κ2) is 8.35. The number of anilines is 1. The number of ether oxygens (including phenoxy) is 1. The third kappa shape index (κ3) is 3.81. The normalized spacial score (nSPS) is 22.5. The van der Waals surface area contributed by atoms with Crippen LogP contribution >= 0.6 is 12.4 Å². The van der Waals surface area contributed by atoms with E-state index < -0.39 is 6.10 Å². The van der Waals surface area contributed by atoms with Gasteiger partial charge in [0, 0.05) is 30.4 Å². The van der Waals surface area contributed by atoms with E-state index in [0.717, 1.165) is 36.6 Å². The first-order valence-electron chi connectivity index (χ1n) is 10.2. The Kier molecular flexibility index (Phi) is 5.75. The number of pyridine rings is 2. The number of hydrogen-bond donors (Lipinski definition) is 2. The van der Waals surface area contributed by atoms with Crippen molar-refractivity contribution in [3.8, 4) is 22.9 Å². The van der Waals surface area contributed by atoms with Gasteiger partial charge in [0.2, 0.25) is 0 Å². The summed E-state index contributed by atoms with van der Waals surface area (Å²) in [6.45, 7) is 4.67. The molecule has 3 aromatic heterocycles. The zero-order valence-electron chi connectivity index (χ0n) is 17.2. The van der Waals surface area contributed by atoms with Crippen molar-refractivity contribution in [3.05, 3.63) is 42.4 Å². The summed E-state index contributed by atoms with van der Waals surface area (Å²) in [7, 11) is 0. The van der Waals surface area contributed by atoms with E-state index in [9.17, 15) is 10.4 Å². The van der Waals surface area contributed by atoms with Crippen molar-refractivity contribution < 1.29 is 9.84 Å². The Morgan fingerprint density at radius 2 is 2.10 bits per heavy atom. The van der Waals surface area contributed by atoms with Crippen molar-refractivity contribution in [3.63, 3.8) is 0 Å². The Bertz CT molecular complexity index is 1110. The Labute approximate surface area is 186 Å². The summed E-state index contributed by atoms with van der Waals surface area (Å²) in [5, 5.41) is 23.3. The zero-order chi connectivity index (χ0) is 20.8. The van der Waals surface area contributed by atoms with Crippen LogP contribution < -0.4 is 15.4 Å². The van der Waals surface area contributed by atoms with Crippen LogP contribution in [-0.4, -0.2) is 52.0 Å². The SMILES string of the molecule is CC(O)COc1cc(-c2ccc(N3CC4C(CN)C4C3)nc2)c2c(C#N)cnn2c1.Cl. The Morgan fingerprint density at radius 3 is 2.71 bits per heavy atom. The first-order chi connectivity index (χ1) is 14.6. The maximum absolute atomic E-state index is 9.53. The summed E-state index contributed by atoms with van der Waals surface area (Å²) in [5.74, 6) is 3.65. The molecule has 3 aromatic rings. The van der Waals surface area contributed by atoms with Crippen LogP contribution in [0.15, 0.2) is 36.8 Å². The summed E-state index contributed by atoms with van der Waals surface area (Å²) in [6, 6.07) is 8.12. The van der Waals surface area contributed by atoms with E-state index in [2.05, 4.69) is 16.1 Å². The Balaban J connectivity index is 0.00000231. The van der Waals surface area contributed by atoms with Gasteiger partial charge in [-0.25, -0.2) is 9.50 Å². The predicted octanol–water partition coefficient (Wildman–Crippen LogP) is 2.09. The van der Waals surface area contributed by atoms with E-state index in [1.165, 1.54) is 0 Å². The molecule has 0 spiro atoms. The van der Waals surface area contributed by atoms with Crippen LogP contribution in [0.25, 0.3) is 16.6 Å². The molecular formula is C22H25ClN6O2. The van der Waals surface area contributed by atoms with Gasteiger partial charge >= 0.3 is 0 Å². The maximum Gasteiger partial charge on any atom is 0.138 e. The number of nitrogens with zero attached hydrogens (tertiary/aromatic N) is 5. The van der Waals surface area contributed by atoms with Gasteiger partial charge < -0.3 is 20.5 Å². The molecule has 162 valence electrons. The number of halogens is 1. The van der Waals surface area contributed by atoms with E-state index in [-0.39, 0.29) is 19.0 Å². The molecule has 3 unspecified atom stereocenters. The quantitative estimate of drug-likeness (QED) is 0.603. The molecular weight excluding hydrogens is 416 g/mol. The lowest BCUT2D eigenvalue weighted by Crippen LogP contribution is -2.26. The molecule has 9 heteroatoms. The molecule has 0 bridgehead atoms. The summed E-state index contributed by atoms with van der Waals surface area (Å²) < 4.78 is 7.33. The summed E-state index contributed by atoms with van der Waals surface area (Å²) in [4.78, 5) is 7.02. The molecule has 0 amide bonds. The molecule has 1 saturated carbocycles. The molecule has 2 fully saturated rings. The third-order valence-electron chi connectivity index (χ3n) is 6.22. The van der Waals surface area contributed by atoms with E-state index in [1.54, 1.807) is 23.8 Å². The van der Waals surface area contributed by atoms with Gasteiger partial charge in [-0.15, -0.1) is 12.4 Å². The minimum atomic E-state index is -0.581. The highest BCUT2D eigenvalue weighted by Crippen LogP contribution is 2.51. The minimum Gasteiger partial charge on any atom is -0.489 e. The number of aromatic nitrogens is 3. The summed E-state index contributed by atoms with van der Waals surface area (Å²) in [6.07, 6.45) is 4.52. The first kappa shape index (κ1) is 21.4. The van der Waals surface area contributed by atoms with E-state index in [4.69, 9.17) is 15.5 Å². The monoisotopic (exact) mass is 440 g/mol. The lowest BCUT2D eigenvalue weighted by molar-refractivity contribution is 0.122. The molecule has 2 aliphatic rings. The van der Waals surface area contributed by atoms with E-state index in [1.807, 2.05) is 24.4 Å². The van der Waals surface area contributed by atoms with E-state index in [0.29, 0.717) is 34.6 Å². The fraction of sp³-hybridized carbons (Fsp3) is 0.409. The number of rotatable bonds is 6. The van der Waals surface area contributed by atoms with Gasteiger partial charge in [-0.3, -0.25) is 0 Å². The van der Waals surface area contributed by atoms with Gasteiger partial charge in [0.1, 0.15) is 24.2 Å². The van der Waals surface area contributed by atoms with Crippen LogP contribution in [0.5, 0.6) is 5.75 Å². The molecule has 3 atom stereocenters. The largest absolute Gasteiger partial charge is 0.489 e. The van der Waals surface area contributed by atoms with Crippen LogP contribution in [0.2, 0.25) is 0 Å². The molecule has 8 nitrogen and oxygen atoms in total. The summed E-state index contributed by atoms with van der Waals surface area (Å²) >= 11 is 0. The third-order valence-corrected chi connectivity index (χ3v) is 6.22. The highest BCUT2D eigenvalue weighted by molar-refractivity contribution is 5.85. The van der Waals surface area contributed by atoms with Crippen molar-refractivity contribution in [1.82, 2.24) is 14.6 Å². The molecule has 31 heavy (non-hydrogen) atoms. The highest BCUT2D eigenvalue weighted by Gasteiger charge is 2.54. The number of hydrogen-bond acceptors (Lipinski definition) is 7. The lowest BCUT2D eigenvalue weighted by atomic mass is 10.1. The minimum absolute atomic E-state index is 0. The molecule has 4 heterocycles. The first-order valence-corrected chi connectivity index (χ1v) is 10.2. The standard InChI is InChI=1S/C22H24N6O2.ClH/c1-13(29)12-30-16-4-17(22-15(5-23)8-26-28(22)9-16)14-2-3-21(25-7-14)27-10-19-18(6-24)20(19)11-27;/h2-4,7-9,13,18-20,29H,6,10-12,24H2,1H3;1H. The van der Waals surface area contributed by atoms with Crippen molar-refractivity contribution in [2.24, 2.45) is 23.5 Å². The smallest absolute Gasteiger partial charge is 0.138 e. The second-order valence-corrected chi connectivity index (χ2v) is 8.25. The molecule has 0 radical (unpaired) electrons. The summed E-state index contributed by atoms with van der Waals surface area (Å²) in [5.41, 5.74) is 8.72. The van der Waals surface area contributed by atoms with Gasteiger partial charge in [-0.05, 0) is 49.4 Å². The molecule has 0 aromatic carbocycles. The average Bonchev–Trinajstić information content (AvgIpc) is 3.08. The fourth-order valence-electron chi connectivity index (χ4n) is 4.61. The van der Waals surface area contributed by atoms with Crippen LogP contribution in [-0.2, 0) is 0 Å². The van der Waals surface area contributed by atoms with Gasteiger partial charge in [0.05, 0.1) is 29.6 Å². The predicted molar refractivity (Wildman–Crippen MR) is 119 cm³/mol. The zero-order valence-corrected chi connectivity index (χ0v) is 18.0. The van der Waals surface area contributed by atoms with Crippen molar-refractivity contribution in [2.45, 2.75) is 13.0 Å². The number of fused-ring (bicyclic) bond motifs is 2. The molecule has 3 N–H and O–H groups in total. The highest BCUT2D eigenvalue weighted by atomic mass is 35.5. The van der Waals surface area contributed by atoms with Gasteiger partial charge in [0.25, 0.3) is 0 Å². The van der Waals surface area contributed by atoms with Gasteiger partial charge in [0.15, 0.2) is 0 Å². The topological polar surface area (TPSA) is 113 Å². The average molecular weight is 441 g/mol. The molecule has 5 rings (SSSR count). The lowest BCUT2D eigenvalue weighted by Gasteiger charge is -2.21. The number of aliphatic hydroxyl groups is 1. The number of aliphatic hydroxyl groups excluding tert-OH is 1. The Hall–Kier alpha value is -2.86. The molecule has 1 aliphatic carbocycles. The number of piperidine rings is 1. The van der Waals surface area contributed by atoms with Crippen molar-refractivity contribution >= 4 is 23.7 Å². The molecule has 1 aliphatic heterocycles. The van der Waals surface area contributed by atoms with Crippen LogP contribution in [0.4, 0.5) is 5.82 Å². The Morgan fingerprint density at radius 1 is 1.32 bits per heavy atom. The van der Waals surface area contributed by atoms with Crippen LogP contribution in [0.3, 0.4) is 0 Å². The van der Waals surface area contributed by atoms with Crippen LogP contribution in [0.1, 0.15) is 12.5 Å². The van der Waals surface area contributed by atoms with Crippen LogP contribution in [0, 0.1) is 29.1 Å². The van der Waals surface area contributed by atoms with E-state index >= 15 is 0 Å². The van der Waals surface area contributed by atoms with Gasteiger partial charge in [-0.1, -0.05) is 0 Å².